The summed E-state index contributed by atoms with van der Waals surface area (Å²) in [6, 6.07) is 5.37. The zero-order chi connectivity index (χ0) is 15.4. The zero-order valence-corrected chi connectivity index (χ0v) is 12.6. The first-order valence-corrected chi connectivity index (χ1v) is 7.03. The van der Waals surface area contributed by atoms with Crippen LogP contribution in [0.4, 0.5) is 11.4 Å². The molecule has 0 spiro atoms. The average Bonchev–Trinajstić information content (AvgIpc) is 2.87. The van der Waals surface area contributed by atoms with Gasteiger partial charge in [0, 0.05) is 18.8 Å². The summed E-state index contributed by atoms with van der Waals surface area (Å²) in [6.07, 6.45) is 2.75. The van der Waals surface area contributed by atoms with Crippen LogP contribution in [0.5, 0.6) is 0 Å². The number of nitrogens with zero attached hydrogens (tertiary/aromatic N) is 3. The lowest BCUT2D eigenvalue weighted by Crippen LogP contribution is -2.10. The molecule has 0 aliphatic heterocycles. The number of nitrogens with one attached hydrogen (secondary N) is 1. The van der Waals surface area contributed by atoms with Gasteiger partial charge in [-0.1, -0.05) is 6.92 Å². The summed E-state index contributed by atoms with van der Waals surface area (Å²) in [4.78, 5) is 10.8. The van der Waals surface area contributed by atoms with Crippen molar-refractivity contribution in [1.82, 2.24) is 9.78 Å². The minimum absolute atomic E-state index is 0.111. The minimum atomic E-state index is -0.349. The van der Waals surface area contributed by atoms with E-state index in [-0.39, 0.29) is 10.6 Å². The second-order valence-corrected chi connectivity index (χ2v) is 5.11. The molecule has 2 rings (SSSR count). The number of anilines is 1. The normalized spacial score (nSPS) is 10.6. The molecule has 1 N–H and O–H groups in total. The fourth-order valence-corrected chi connectivity index (χ4v) is 2.20. The highest BCUT2D eigenvalue weighted by Crippen LogP contribution is 2.28. The molecule has 0 bridgehead atoms. The molecule has 1 aromatic heterocycles. The molecule has 0 aliphatic rings. The Morgan fingerprint density at radius 2 is 2.05 bits per heavy atom. The Morgan fingerprint density at radius 3 is 2.71 bits per heavy atom. The molecule has 0 radical (unpaired) electrons. The Kier molecular flexibility index (Phi) is 4.57. The van der Waals surface area contributed by atoms with E-state index in [9.17, 15) is 10.1 Å². The van der Waals surface area contributed by atoms with E-state index in [0.29, 0.717) is 12.2 Å². The fraction of sp³-hybridized carbons (Fsp3) is 0.400. The number of nitro benzene ring substituents is 1. The molecule has 2 aromatic rings. The van der Waals surface area contributed by atoms with E-state index < -0.39 is 0 Å². The van der Waals surface area contributed by atoms with Gasteiger partial charge in [0.2, 0.25) is 0 Å². The molecule has 0 aliphatic carbocycles. The van der Waals surface area contributed by atoms with Crippen LogP contribution in [-0.4, -0.2) is 14.7 Å². The van der Waals surface area contributed by atoms with Crippen molar-refractivity contribution < 1.29 is 4.92 Å². The van der Waals surface area contributed by atoms with Gasteiger partial charge in [-0.2, -0.15) is 5.10 Å². The lowest BCUT2D eigenvalue weighted by atomic mass is 10.1. The molecule has 6 heteroatoms. The van der Waals surface area contributed by atoms with Gasteiger partial charge in [0.15, 0.2) is 0 Å². The van der Waals surface area contributed by atoms with E-state index in [1.54, 1.807) is 12.3 Å². The van der Waals surface area contributed by atoms with Crippen LogP contribution >= 0.6 is 0 Å². The van der Waals surface area contributed by atoms with Gasteiger partial charge in [0.25, 0.3) is 5.69 Å². The first-order chi connectivity index (χ1) is 10.0. The van der Waals surface area contributed by atoms with Crippen LogP contribution < -0.4 is 5.32 Å². The molecule has 1 heterocycles. The number of hydrogen-bond acceptors (Lipinski definition) is 4. The largest absolute Gasteiger partial charge is 0.374 e. The topological polar surface area (TPSA) is 73.0 Å². The van der Waals surface area contributed by atoms with Crippen LogP contribution in [-0.2, 0) is 13.1 Å². The number of benzene rings is 1. The highest BCUT2D eigenvalue weighted by Gasteiger charge is 2.15. The summed E-state index contributed by atoms with van der Waals surface area (Å²) in [5.41, 5.74) is 3.63. The van der Waals surface area contributed by atoms with Crippen molar-refractivity contribution in [3.05, 3.63) is 51.3 Å². The van der Waals surface area contributed by atoms with E-state index in [0.717, 1.165) is 29.8 Å². The number of aryl methyl sites for hydroxylation is 3. The van der Waals surface area contributed by atoms with E-state index in [4.69, 9.17) is 0 Å². The van der Waals surface area contributed by atoms with Crippen molar-refractivity contribution >= 4 is 11.4 Å². The van der Waals surface area contributed by atoms with Crippen molar-refractivity contribution in [3.8, 4) is 0 Å². The predicted molar refractivity (Wildman–Crippen MR) is 82.4 cm³/mol. The van der Waals surface area contributed by atoms with Gasteiger partial charge in [0.05, 0.1) is 17.2 Å². The van der Waals surface area contributed by atoms with Crippen molar-refractivity contribution in [1.29, 1.82) is 0 Å². The third-order valence-corrected chi connectivity index (χ3v) is 3.51. The second kappa shape index (κ2) is 6.39. The molecule has 0 saturated heterocycles. The molecule has 1 aromatic carbocycles. The van der Waals surface area contributed by atoms with Gasteiger partial charge in [-0.3, -0.25) is 14.8 Å². The molecule has 0 unspecified atom stereocenters. The van der Waals surface area contributed by atoms with Crippen molar-refractivity contribution in [2.75, 3.05) is 5.32 Å². The van der Waals surface area contributed by atoms with Gasteiger partial charge < -0.3 is 5.32 Å². The van der Waals surface area contributed by atoms with Crippen molar-refractivity contribution in [2.45, 2.75) is 40.3 Å². The monoisotopic (exact) mass is 288 g/mol. The molecule has 112 valence electrons. The molecule has 0 fully saturated rings. The Morgan fingerprint density at radius 1 is 1.33 bits per heavy atom. The third-order valence-electron chi connectivity index (χ3n) is 3.51. The lowest BCUT2D eigenvalue weighted by molar-refractivity contribution is -0.384. The summed E-state index contributed by atoms with van der Waals surface area (Å²) in [7, 11) is 0. The summed E-state index contributed by atoms with van der Waals surface area (Å²) >= 11 is 0. The molecular formula is C15H20N4O2. The Balaban J connectivity index is 2.21. The van der Waals surface area contributed by atoms with Crippen molar-refractivity contribution in [3.63, 3.8) is 0 Å². The Bertz CT molecular complexity index is 649. The van der Waals surface area contributed by atoms with Gasteiger partial charge in [-0.15, -0.1) is 0 Å². The number of aromatic nitrogens is 2. The van der Waals surface area contributed by atoms with E-state index in [1.165, 1.54) is 0 Å². The number of rotatable bonds is 6. The minimum Gasteiger partial charge on any atom is -0.374 e. The van der Waals surface area contributed by atoms with E-state index in [1.807, 2.05) is 30.7 Å². The van der Waals surface area contributed by atoms with Crippen LogP contribution in [0, 0.1) is 24.0 Å². The van der Waals surface area contributed by atoms with Gasteiger partial charge in [-0.05, 0) is 43.5 Å². The molecule has 6 nitrogen and oxygen atoms in total. The van der Waals surface area contributed by atoms with E-state index >= 15 is 0 Å². The van der Waals surface area contributed by atoms with Gasteiger partial charge >= 0.3 is 0 Å². The molecule has 0 saturated carbocycles. The van der Waals surface area contributed by atoms with Crippen molar-refractivity contribution in [2.24, 2.45) is 0 Å². The SMILES string of the molecule is CCCn1nccc1CNc1cc(C)c(C)cc1[N+](=O)[O-]. The summed E-state index contributed by atoms with van der Waals surface area (Å²) < 4.78 is 1.92. The molecule has 0 amide bonds. The molecular weight excluding hydrogens is 268 g/mol. The predicted octanol–water partition coefficient (Wildman–Crippen LogP) is 3.43. The van der Waals surface area contributed by atoms with E-state index in [2.05, 4.69) is 17.3 Å². The quantitative estimate of drug-likeness (QED) is 0.653. The fourth-order valence-electron chi connectivity index (χ4n) is 2.20. The molecule has 0 atom stereocenters. The maximum absolute atomic E-state index is 11.2. The Hall–Kier alpha value is -2.37. The van der Waals surface area contributed by atoms with Gasteiger partial charge in [0.1, 0.15) is 5.69 Å². The summed E-state index contributed by atoms with van der Waals surface area (Å²) in [6.45, 7) is 7.28. The maximum atomic E-state index is 11.2. The lowest BCUT2D eigenvalue weighted by Gasteiger charge is -2.11. The van der Waals surface area contributed by atoms with Crippen LogP contribution in [0.15, 0.2) is 24.4 Å². The van der Waals surface area contributed by atoms with Crippen LogP contribution in [0.1, 0.15) is 30.2 Å². The third kappa shape index (κ3) is 3.39. The second-order valence-electron chi connectivity index (χ2n) is 5.11. The standard InChI is InChI=1S/C15H20N4O2/c1-4-7-18-13(5-6-17-18)10-16-14-8-11(2)12(3)9-15(14)19(20)21/h5-6,8-9,16H,4,7,10H2,1-3H3. The first kappa shape index (κ1) is 15.0. The number of hydrogen-bond donors (Lipinski definition) is 1. The maximum Gasteiger partial charge on any atom is 0.292 e. The van der Waals surface area contributed by atoms with Crippen LogP contribution in [0.3, 0.4) is 0 Å². The smallest absolute Gasteiger partial charge is 0.292 e. The average molecular weight is 288 g/mol. The first-order valence-electron chi connectivity index (χ1n) is 7.03. The number of nitro groups is 1. The summed E-state index contributed by atoms with van der Waals surface area (Å²) in [5, 5.41) is 18.6. The van der Waals surface area contributed by atoms with Gasteiger partial charge in [-0.25, -0.2) is 0 Å². The Labute approximate surface area is 123 Å². The highest BCUT2D eigenvalue weighted by atomic mass is 16.6. The highest BCUT2D eigenvalue weighted by molar-refractivity contribution is 5.64. The summed E-state index contributed by atoms with van der Waals surface area (Å²) in [5.74, 6) is 0. The van der Waals surface area contributed by atoms with Crippen LogP contribution in [0.2, 0.25) is 0 Å². The molecule has 21 heavy (non-hydrogen) atoms. The zero-order valence-electron chi connectivity index (χ0n) is 12.6. The van der Waals surface area contributed by atoms with Crippen LogP contribution in [0.25, 0.3) is 0 Å².